The molecule has 0 aliphatic carbocycles. The molecule has 10 heteroatoms. The molecule has 0 atom stereocenters. The maximum Gasteiger partial charge on any atom is 0.205 e. The number of anilines is 3. The summed E-state index contributed by atoms with van der Waals surface area (Å²) < 4.78 is 7.04. The fraction of sp³-hybridized carbons (Fsp3) is 0.0698. The van der Waals surface area contributed by atoms with Crippen LogP contribution in [0.4, 0.5) is 22.7 Å². The second kappa shape index (κ2) is 12.0. The average molecular weight is 708 g/mol. The SMILES string of the molecule is C[N+](C)(C)c1ccc(N(c2ccccc2-c2ccc(-c3ccccc3)c3oc4ccccc4c23)c2c(O)c(O)c3c(O)c(O)c(O)c(O)c3c2O)cc1. The number of phenols is 7. The number of benzene rings is 7. The van der Waals surface area contributed by atoms with E-state index in [2.05, 4.69) is 0 Å². The minimum Gasteiger partial charge on any atom is -0.505 e. The summed E-state index contributed by atoms with van der Waals surface area (Å²) in [6, 6.07) is 36.3. The molecule has 0 amide bonds. The van der Waals surface area contributed by atoms with E-state index in [4.69, 9.17) is 4.42 Å². The highest BCUT2D eigenvalue weighted by Crippen LogP contribution is 2.62. The maximum atomic E-state index is 12.0. The lowest BCUT2D eigenvalue weighted by molar-refractivity contribution is 0.347. The average Bonchev–Trinajstić information content (AvgIpc) is 3.56. The highest BCUT2D eigenvalue weighted by molar-refractivity contribution is 6.18. The van der Waals surface area contributed by atoms with Gasteiger partial charge in [-0.15, -0.1) is 0 Å². The Bertz CT molecular complexity index is 2730. The van der Waals surface area contributed by atoms with Crippen LogP contribution < -0.4 is 9.38 Å². The van der Waals surface area contributed by atoms with E-state index in [1.54, 1.807) is 24.3 Å². The van der Waals surface area contributed by atoms with E-state index < -0.39 is 51.0 Å². The Morgan fingerprint density at radius 2 is 1.04 bits per heavy atom. The molecule has 1 aromatic heterocycles. The molecule has 264 valence electrons. The highest BCUT2D eigenvalue weighted by atomic mass is 16.3. The van der Waals surface area contributed by atoms with Crippen molar-refractivity contribution < 1.29 is 40.2 Å². The standard InChI is InChI=1S/C43H34N2O8/c1-45(2,3)25-19-17-24(18-20-25)44(35-36(46)33-34(37(47)40(35)50)39(49)42(52)41(51)38(33)48)30-15-9-7-13-27(30)28-22-21-26(23-11-5-4-6-12-23)43-32(28)29-14-8-10-16-31(29)53-43/h4-22H,1-3H3,(H6-,46,47,48,49,50,51,52)/p+1. The number of hydrogen-bond donors (Lipinski definition) is 7. The first-order valence-corrected chi connectivity index (χ1v) is 16.8. The van der Waals surface area contributed by atoms with E-state index in [0.717, 1.165) is 33.2 Å². The summed E-state index contributed by atoms with van der Waals surface area (Å²) in [5, 5.41) is 77.9. The monoisotopic (exact) mass is 707 g/mol. The van der Waals surface area contributed by atoms with Crippen molar-refractivity contribution in [3.05, 3.63) is 115 Å². The van der Waals surface area contributed by atoms with E-state index in [9.17, 15) is 35.7 Å². The second-order valence-corrected chi connectivity index (χ2v) is 13.7. The van der Waals surface area contributed by atoms with Crippen molar-refractivity contribution in [2.24, 2.45) is 0 Å². The Morgan fingerprint density at radius 1 is 0.472 bits per heavy atom. The van der Waals surface area contributed by atoms with Gasteiger partial charge >= 0.3 is 0 Å². The van der Waals surface area contributed by atoms with E-state index in [-0.39, 0.29) is 5.69 Å². The van der Waals surface area contributed by atoms with Crippen LogP contribution in [0.2, 0.25) is 0 Å². The summed E-state index contributed by atoms with van der Waals surface area (Å²) in [5.74, 6) is -6.91. The Labute approximate surface area is 303 Å². The van der Waals surface area contributed by atoms with Crippen molar-refractivity contribution in [1.29, 1.82) is 0 Å². The van der Waals surface area contributed by atoms with Crippen molar-refractivity contribution in [2.75, 3.05) is 26.0 Å². The van der Waals surface area contributed by atoms with E-state index in [1.807, 2.05) is 112 Å². The van der Waals surface area contributed by atoms with Gasteiger partial charge in [0.15, 0.2) is 28.7 Å². The zero-order chi connectivity index (χ0) is 37.3. The van der Waals surface area contributed by atoms with Gasteiger partial charge in [-0.2, -0.15) is 0 Å². The van der Waals surface area contributed by atoms with Gasteiger partial charge in [0.05, 0.1) is 37.6 Å². The van der Waals surface area contributed by atoms with Gasteiger partial charge in [-0.1, -0.05) is 72.8 Å². The molecule has 0 saturated heterocycles. The van der Waals surface area contributed by atoms with Crippen molar-refractivity contribution in [2.45, 2.75) is 0 Å². The van der Waals surface area contributed by atoms with E-state index in [0.29, 0.717) is 32.6 Å². The lowest BCUT2D eigenvalue weighted by Crippen LogP contribution is -2.34. The third kappa shape index (κ3) is 5.07. The molecule has 0 saturated carbocycles. The molecule has 53 heavy (non-hydrogen) atoms. The third-order valence-electron chi connectivity index (χ3n) is 9.70. The maximum absolute atomic E-state index is 12.0. The largest absolute Gasteiger partial charge is 0.505 e. The number of hydrogen-bond acceptors (Lipinski definition) is 9. The van der Waals surface area contributed by atoms with E-state index in [1.165, 1.54) is 4.90 Å². The third-order valence-corrected chi connectivity index (χ3v) is 9.70. The molecular weight excluding hydrogens is 672 g/mol. The minimum absolute atomic E-state index is 0.366. The molecule has 0 radical (unpaired) electrons. The number of para-hydroxylation sites is 2. The Hall–Kier alpha value is -7.04. The topological polar surface area (TPSA) is 158 Å². The summed E-state index contributed by atoms with van der Waals surface area (Å²) >= 11 is 0. The zero-order valence-electron chi connectivity index (χ0n) is 28.9. The van der Waals surface area contributed by atoms with Gasteiger partial charge in [0, 0.05) is 39.7 Å². The molecule has 7 N–H and O–H groups in total. The van der Waals surface area contributed by atoms with Gasteiger partial charge in [-0.25, -0.2) is 0 Å². The number of phenolic OH excluding ortho intramolecular Hbond substituents is 7. The predicted molar refractivity (Wildman–Crippen MR) is 208 cm³/mol. The van der Waals surface area contributed by atoms with Crippen LogP contribution >= 0.6 is 0 Å². The first-order valence-electron chi connectivity index (χ1n) is 16.8. The molecule has 8 aromatic rings. The number of rotatable bonds is 6. The molecule has 1 heterocycles. The number of furan rings is 1. The second-order valence-electron chi connectivity index (χ2n) is 13.7. The Morgan fingerprint density at radius 3 is 1.72 bits per heavy atom. The number of aromatic hydroxyl groups is 7. The summed E-state index contributed by atoms with van der Waals surface area (Å²) in [6.07, 6.45) is 0. The molecule has 0 spiro atoms. The fourth-order valence-corrected chi connectivity index (χ4v) is 7.06. The van der Waals surface area contributed by atoms with Gasteiger partial charge in [0.1, 0.15) is 22.5 Å². The first-order chi connectivity index (χ1) is 25.4. The summed E-state index contributed by atoms with van der Waals surface area (Å²) in [4.78, 5) is 1.53. The normalized spacial score (nSPS) is 11.8. The Balaban J connectivity index is 1.47. The fourth-order valence-electron chi connectivity index (χ4n) is 7.06. The van der Waals surface area contributed by atoms with Crippen LogP contribution in [-0.4, -0.2) is 56.9 Å². The van der Waals surface area contributed by atoms with Crippen molar-refractivity contribution in [3.63, 3.8) is 0 Å². The molecule has 7 aromatic carbocycles. The lowest BCUT2D eigenvalue weighted by Gasteiger charge is -2.31. The number of fused-ring (bicyclic) bond motifs is 4. The van der Waals surface area contributed by atoms with Gasteiger partial charge in [0.25, 0.3) is 0 Å². The highest BCUT2D eigenvalue weighted by Gasteiger charge is 2.33. The summed E-state index contributed by atoms with van der Waals surface area (Å²) in [5.41, 5.74) is 6.09. The zero-order valence-corrected chi connectivity index (χ0v) is 28.9. The van der Waals surface area contributed by atoms with Crippen LogP contribution in [0.15, 0.2) is 120 Å². The summed E-state index contributed by atoms with van der Waals surface area (Å²) in [7, 11) is 6.04. The molecule has 10 nitrogen and oxygen atoms in total. The van der Waals surface area contributed by atoms with Crippen molar-refractivity contribution in [1.82, 2.24) is 4.48 Å². The van der Waals surface area contributed by atoms with Crippen LogP contribution in [0, 0.1) is 0 Å². The smallest absolute Gasteiger partial charge is 0.205 e. The Kier molecular flexibility index (Phi) is 7.52. The van der Waals surface area contributed by atoms with E-state index >= 15 is 0 Å². The van der Waals surface area contributed by atoms with Crippen molar-refractivity contribution in [3.8, 4) is 62.5 Å². The van der Waals surface area contributed by atoms with Gasteiger partial charge in [0.2, 0.25) is 11.5 Å². The first kappa shape index (κ1) is 33.1. The van der Waals surface area contributed by atoms with Crippen LogP contribution in [0.5, 0.6) is 40.2 Å². The van der Waals surface area contributed by atoms with Crippen molar-refractivity contribution >= 4 is 55.5 Å². The number of quaternary nitrogens is 1. The molecule has 0 fully saturated rings. The summed E-state index contributed by atoms with van der Waals surface area (Å²) in [6.45, 7) is 0. The molecule has 0 aliphatic heterocycles. The molecular formula is C43H35N2O8+. The quantitative estimate of drug-likeness (QED) is 0.0508. The van der Waals surface area contributed by atoms with Crippen LogP contribution in [0.1, 0.15) is 0 Å². The van der Waals surface area contributed by atoms with Gasteiger partial charge < -0.3 is 45.1 Å². The molecule has 8 rings (SSSR count). The van der Waals surface area contributed by atoms with Gasteiger partial charge in [-0.05, 0) is 41.5 Å². The predicted octanol–water partition coefficient (Wildman–Crippen LogP) is 9.68. The molecule has 0 bridgehead atoms. The van der Waals surface area contributed by atoms with Crippen LogP contribution in [-0.2, 0) is 0 Å². The molecule has 0 aliphatic rings. The van der Waals surface area contributed by atoms with Gasteiger partial charge in [-0.3, -0.25) is 4.48 Å². The minimum atomic E-state index is -1.13. The lowest BCUT2D eigenvalue weighted by atomic mass is 9.93. The van der Waals surface area contributed by atoms with Crippen LogP contribution in [0.3, 0.4) is 0 Å². The molecule has 0 unspecified atom stereocenters. The van der Waals surface area contributed by atoms with Crippen LogP contribution in [0.25, 0.3) is 55.0 Å². The number of nitrogens with zero attached hydrogens (tertiary/aromatic N) is 2.